The van der Waals surface area contributed by atoms with Gasteiger partial charge in [-0.2, -0.15) is 0 Å². The lowest BCUT2D eigenvalue weighted by Gasteiger charge is -2.15. The lowest BCUT2D eigenvalue weighted by Crippen LogP contribution is -2.28. The smallest absolute Gasteiger partial charge is 0.306 e. The number of ether oxygens (including phenoxy) is 2. The van der Waals surface area contributed by atoms with E-state index in [0.717, 1.165) is 38.5 Å². The Morgan fingerprint density at radius 1 is 0.489 bits per heavy atom. The molecule has 0 amide bonds. The zero-order chi connectivity index (χ0) is 32.9. The molecule has 0 aliphatic carbocycles. The summed E-state index contributed by atoms with van der Waals surface area (Å²) < 4.78 is 10.6. The SMILES string of the molecule is CCCCCCCCC/C=C\CCCCCCCCCC(=O)OC(CO)COC(=O)CCCCCCCCCCCCCCC. The van der Waals surface area contributed by atoms with Crippen molar-refractivity contribution < 1.29 is 24.2 Å². The van der Waals surface area contributed by atoms with E-state index in [0.29, 0.717) is 12.8 Å². The highest BCUT2D eigenvalue weighted by molar-refractivity contribution is 5.70. The molecule has 0 bridgehead atoms. The highest BCUT2D eigenvalue weighted by Gasteiger charge is 2.16. The summed E-state index contributed by atoms with van der Waals surface area (Å²) >= 11 is 0. The molecule has 0 spiro atoms. The summed E-state index contributed by atoms with van der Waals surface area (Å²) in [5.41, 5.74) is 0. The van der Waals surface area contributed by atoms with Crippen molar-refractivity contribution in [1.82, 2.24) is 0 Å². The van der Waals surface area contributed by atoms with Crippen LogP contribution in [0.1, 0.15) is 213 Å². The highest BCUT2D eigenvalue weighted by Crippen LogP contribution is 2.14. The number of hydrogen-bond acceptors (Lipinski definition) is 5. The number of hydrogen-bond donors (Lipinski definition) is 1. The number of unbranched alkanes of at least 4 members (excludes halogenated alkanes) is 26. The molecule has 5 nitrogen and oxygen atoms in total. The molecule has 0 fully saturated rings. The predicted octanol–water partition coefficient (Wildman–Crippen LogP) is 12.1. The Kier molecular flexibility index (Phi) is 36.0. The molecule has 1 atom stereocenters. The van der Waals surface area contributed by atoms with Crippen molar-refractivity contribution >= 4 is 11.9 Å². The molecule has 0 aromatic carbocycles. The Balaban J connectivity index is 3.52. The molecule has 0 heterocycles. The quantitative estimate of drug-likeness (QED) is 0.0421. The Hall–Kier alpha value is -1.36. The van der Waals surface area contributed by atoms with Crippen LogP contribution in [0.25, 0.3) is 0 Å². The van der Waals surface area contributed by atoms with E-state index in [9.17, 15) is 14.7 Å². The van der Waals surface area contributed by atoms with Crippen LogP contribution in [-0.4, -0.2) is 36.4 Å². The van der Waals surface area contributed by atoms with Crippen LogP contribution in [0.2, 0.25) is 0 Å². The minimum absolute atomic E-state index is 0.0617. The normalized spacial score (nSPS) is 12.2. The maximum Gasteiger partial charge on any atom is 0.306 e. The van der Waals surface area contributed by atoms with Crippen LogP contribution in [0.5, 0.6) is 0 Å². The first-order chi connectivity index (χ1) is 22.1. The van der Waals surface area contributed by atoms with Gasteiger partial charge in [-0.3, -0.25) is 9.59 Å². The Morgan fingerprint density at radius 2 is 0.822 bits per heavy atom. The van der Waals surface area contributed by atoms with Gasteiger partial charge in [-0.15, -0.1) is 0 Å². The van der Waals surface area contributed by atoms with Gasteiger partial charge in [-0.05, 0) is 38.5 Å². The molecule has 0 rings (SSSR count). The van der Waals surface area contributed by atoms with Crippen LogP contribution in [-0.2, 0) is 19.1 Å². The third kappa shape index (κ3) is 35.3. The molecule has 0 aliphatic rings. The summed E-state index contributed by atoms with van der Waals surface area (Å²) in [5.74, 6) is -0.586. The van der Waals surface area contributed by atoms with Crippen LogP contribution < -0.4 is 0 Å². The van der Waals surface area contributed by atoms with Crippen molar-refractivity contribution in [2.75, 3.05) is 13.2 Å². The van der Waals surface area contributed by atoms with E-state index in [-0.39, 0.29) is 25.2 Å². The third-order valence-electron chi connectivity index (χ3n) is 8.81. The summed E-state index contributed by atoms with van der Waals surface area (Å²) in [6.45, 7) is 4.14. The zero-order valence-corrected chi connectivity index (χ0v) is 30.1. The van der Waals surface area contributed by atoms with Crippen LogP contribution in [0, 0.1) is 0 Å². The topological polar surface area (TPSA) is 72.8 Å². The van der Waals surface area contributed by atoms with Gasteiger partial charge in [0.15, 0.2) is 6.10 Å². The number of rotatable bonds is 36. The van der Waals surface area contributed by atoms with E-state index in [4.69, 9.17) is 9.47 Å². The van der Waals surface area contributed by atoms with E-state index in [1.807, 2.05) is 0 Å². The van der Waals surface area contributed by atoms with Gasteiger partial charge in [0, 0.05) is 12.8 Å². The molecular formula is C40H76O5. The molecule has 0 radical (unpaired) electrons. The van der Waals surface area contributed by atoms with E-state index in [1.165, 1.54) is 148 Å². The van der Waals surface area contributed by atoms with Gasteiger partial charge in [0.05, 0.1) is 6.61 Å². The minimum atomic E-state index is -0.766. The van der Waals surface area contributed by atoms with Crippen molar-refractivity contribution in [3.05, 3.63) is 12.2 Å². The fourth-order valence-electron chi connectivity index (χ4n) is 5.78. The number of allylic oxidation sites excluding steroid dienone is 2. The summed E-state index contributed by atoms with van der Waals surface area (Å²) in [4.78, 5) is 24.2. The van der Waals surface area contributed by atoms with E-state index in [1.54, 1.807) is 0 Å². The fourth-order valence-corrected chi connectivity index (χ4v) is 5.78. The fraction of sp³-hybridized carbons (Fsp3) is 0.900. The molecule has 0 saturated carbocycles. The average Bonchev–Trinajstić information content (AvgIpc) is 3.04. The Morgan fingerprint density at radius 3 is 1.20 bits per heavy atom. The maximum absolute atomic E-state index is 12.2. The van der Waals surface area contributed by atoms with Gasteiger partial charge in [0.25, 0.3) is 0 Å². The van der Waals surface area contributed by atoms with E-state index < -0.39 is 6.10 Å². The van der Waals surface area contributed by atoms with Crippen molar-refractivity contribution in [3.8, 4) is 0 Å². The molecular weight excluding hydrogens is 560 g/mol. The van der Waals surface area contributed by atoms with Gasteiger partial charge < -0.3 is 14.6 Å². The molecule has 0 aromatic rings. The van der Waals surface area contributed by atoms with Crippen molar-refractivity contribution in [2.24, 2.45) is 0 Å². The first-order valence-corrected chi connectivity index (χ1v) is 19.7. The summed E-state index contributed by atoms with van der Waals surface area (Å²) in [5, 5.41) is 9.54. The zero-order valence-electron chi connectivity index (χ0n) is 30.1. The number of esters is 2. The van der Waals surface area contributed by atoms with Crippen LogP contribution in [0.4, 0.5) is 0 Å². The van der Waals surface area contributed by atoms with E-state index >= 15 is 0 Å². The largest absolute Gasteiger partial charge is 0.462 e. The Labute approximate surface area is 280 Å². The highest BCUT2D eigenvalue weighted by atomic mass is 16.6. The van der Waals surface area contributed by atoms with Crippen LogP contribution in [0.3, 0.4) is 0 Å². The lowest BCUT2D eigenvalue weighted by molar-refractivity contribution is -0.161. The number of aliphatic hydroxyl groups excluding tert-OH is 1. The van der Waals surface area contributed by atoms with Crippen LogP contribution in [0.15, 0.2) is 12.2 Å². The summed E-state index contributed by atoms with van der Waals surface area (Å²) in [6.07, 6.45) is 41.3. The molecule has 1 N–H and O–H groups in total. The van der Waals surface area contributed by atoms with Gasteiger partial charge >= 0.3 is 11.9 Å². The summed E-state index contributed by atoms with van der Waals surface area (Å²) in [6, 6.07) is 0. The third-order valence-corrected chi connectivity index (χ3v) is 8.81. The first-order valence-electron chi connectivity index (χ1n) is 19.7. The lowest BCUT2D eigenvalue weighted by atomic mass is 10.0. The van der Waals surface area contributed by atoms with Crippen molar-refractivity contribution in [1.29, 1.82) is 0 Å². The van der Waals surface area contributed by atoms with Crippen LogP contribution >= 0.6 is 0 Å². The maximum atomic E-state index is 12.2. The molecule has 1 unspecified atom stereocenters. The number of carbonyl (C=O) groups is 2. The second kappa shape index (κ2) is 37.1. The van der Waals surface area contributed by atoms with E-state index in [2.05, 4.69) is 26.0 Å². The van der Waals surface area contributed by atoms with Crippen molar-refractivity contribution in [3.63, 3.8) is 0 Å². The minimum Gasteiger partial charge on any atom is -0.462 e. The number of carbonyl (C=O) groups excluding carboxylic acids is 2. The summed E-state index contributed by atoms with van der Waals surface area (Å²) in [7, 11) is 0. The molecule has 5 heteroatoms. The predicted molar refractivity (Wildman–Crippen MR) is 192 cm³/mol. The molecule has 0 saturated heterocycles. The Bertz CT molecular complexity index is 647. The van der Waals surface area contributed by atoms with Crippen molar-refractivity contribution in [2.45, 2.75) is 219 Å². The monoisotopic (exact) mass is 637 g/mol. The van der Waals surface area contributed by atoms with Gasteiger partial charge in [0.2, 0.25) is 0 Å². The molecule has 266 valence electrons. The molecule has 0 aromatic heterocycles. The second-order valence-electron chi connectivity index (χ2n) is 13.4. The molecule has 0 aliphatic heterocycles. The first kappa shape index (κ1) is 43.6. The van der Waals surface area contributed by atoms with Gasteiger partial charge in [-0.25, -0.2) is 0 Å². The van der Waals surface area contributed by atoms with Gasteiger partial charge in [-0.1, -0.05) is 174 Å². The standard InChI is InChI=1S/C40H76O5/c1-3-5-7-9-11-13-15-17-18-19-20-21-23-25-27-29-31-33-35-40(43)45-38(36-41)37-44-39(42)34-32-30-28-26-24-22-16-14-12-10-8-6-4-2/h18-19,38,41H,3-17,20-37H2,1-2H3/b19-18-. The second-order valence-corrected chi connectivity index (χ2v) is 13.4. The number of aliphatic hydroxyl groups is 1. The molecule has 45 heavy (non-hydrogen) atoms. The average molecular weight is 637 g/mol. The van der Waals surface area contributed by atoms with Gasteiger partial charge in [0.1, 0.15) is 6.61 Å².